The van der Waals surface area contributed by atoms with Gasteiger partial charge in [0.25, 0.3) is 0 Å². The summed E-state index contributed by atoms with van der Waals surface area (Å²) in [5.74, 6) is 0. The molecular formula is C14H22N4. The maximum atomic E-state index is 6.16. The number of fused-ring (bicyclic) bond motifs is 1. The van der Waals surface area contributed by atoms with E-state index in [9.17, 15) is 0 Å². The van der Waals surface area contributed by atoms with E-state index in [4.69, 9.17) is 5.73 Å². The number of imidazole rings is 1. The van der Waals surface area contributed by atoms with Crippen LogP contribution in [0.15, 0.2) is 24.5 Å². The molecule has 0 spiro atoms. The van der Waals surface area contributed by atoms with Crippen LogP contribution >= 0.6 is 0 Å². The lowest BCUT2D eigenvalue weighted by molar-refractivity contribution is 0.243. The number of nitrogens with two attached hydrogens (primary N) is 1. The van der Waals surface area contributed by atoms with Crippen molar-refractivity contribution in [3.05, 3.63) is 30.1 Å². The summed E-state index contributed by atoms with van der Waals surface area (Å²) >= 11 is 0. The highest BCUT2D eigenvalue weighted by atomic mass is 15.1. The third kappa shape index (κ3) is 2.89. The summed E-state index contributed by atoms with van der Waals surface area (Å²) in [6.07, 6.45) is 2.64. The minimum Gasteiger partial charge on any atom is -0.345 e. The van der Waals surface area contributed by atoms with Crippen LogP contribution in [0.1, 0.15) is 31.9 Å². The number of hydrogen-bond acceptors (Lipinski definition) is 3. The molecule has 1 aromatic carbocycles. The predicted molar refractivity (Wildman–Crippen MR) is 75.4 cm³/mol. The van der Waals surface area contributed by atoms with E-state index in [0.717, 1.165) is 17.5 Å². The molecule has 0 fully saturated rings. The van der Waals surface area contributed by atoms with Gasteiger partial charge in [0.05, 0.1) is 17.4 Å². The Morgan fingerprint density at radius 3 is 2.72 bits per heavy atom. The normalized spacial score (nSPS) is 14.3. The Hall–Kier alpha value is -1.39. The topological polar surface area (TPSA) is 57.9 Å². The fourth-order valence-corrected chi connectivity index (χ4v) is 2.26. The molecule has 0 aliphatic carbocycles. The van der Waals surface area contributed by atoms with E-state index in [0.29, 0.717) is 6.04 Å². The highest BCUT2D eigenvalue weighted by molar-refractivity contribution is 5.75. The van der Waals surface area contributed by atoms with Crippen molar-refractivity contribution in [2.24, 2.45) is 5.73 Å². The zero-order valence-electron chi connectivity index (χ0n) is 11.6. The van der Waals surface area contributed by atoms with Crippen LogP contribution in [0.2, 0.25) is 0 Å². The van der Waals surface area contributed by atoms with Gasteiger partial charge in [-0.1, -0.05) is 6.07 Å². The first-order valence-electron chi connectivity index (χ1n) is 6.25. The van der Waals surface area contributed by atoms with Gasteiger partial charge in [-0.2, -0.15) is 0 Å². The quantitative estimate of drug-likeness (QED) is 0.870. The van der Waals surface area contributed by atoms with Crippen molar-refractivity contribution < 1.29 is 0 Å². The molecule has 1 aromatic heterocycles. The summed E-state index contributed by atoms with van der Waals surface area (Å²) in [6.45, 7) is 4.14. The van der Waals surface area contributed by atoms with Crippen LogP contribution in [-0.2, 0) is 0 Å². The summed E-state index contributed by atoms with van der Waals surface area (Å²) in [5, 5.41) is 0. The van der Waals surface area contributed by atoms with E-state index in [1.807, 2.05) is 0 Å². The van der Waals surface area contributed by atoms with Gasteiger partial charge in [0.15, 0.2) is 0 Å². The average Bonchev–Trinajstić information content (AvgIpc) is 2.71. The Morgan fingerprint density at radius 1 is 1.39 bits per heavy atom. The van der Waals surface area contributed by atoms with E-state index >= 15 is 0 Å². The van der Waals surface area contributed by atoms with Gasteiger partial charge in [0.2, 0.25) is 0 Å². The van der Waals surface area contributed by atoms with E-state index in [2.05, 4.69) is 61.0 Å². The molecule has 0 saturated heterocycles. The molecule has 4 nitrogen and oxygen atoms in total. The van der Waals surface area contributed by atoms with Crippen molar-refractivity contribution in [3.63, 3.8) is 0 Å². The van der Waals surface area contributed by atoms with Crippen LogP contribution in [0, 0.1) is 0 Å². The fraction of sp³-hybridized carbons (Fsp3) is 0.500. The zero-order chi connectivity index (χ0) is 13.3. The Balaban J connectivity index is 2.35. The molecule has 2 rings (SSSR count). The molecule has 98 valence electrons. The predicted octanol–water partition coefficient (Wildman–Crippen LogP) is 2.29. The second-order valence-electron chi connectivity index (χ2n) is 5.85. The SMILES string of the molecule is CN(C)C(CC(C)(C)N)c1ccc2nc[nH]c2c1. The average molecular weight is 246 g/mol. The summed E-state index contributed by atoms with van der Waals surface area (Å²) in [6, 6.07) is 6.68. The first-order chi connectivity index (χ1) is 8.37. The molecular weight excluding hydrogens is 224 g/mol. The third-order valence-electron chi connectivity index (χ3n) is 3.17. The van der Waals surface area contributed by atoms with Crippen molar-refractivity contribution in [1.82, 2.24) is 14.9 Å². The first-order valence-corrected chi connectivity index (χ1v) is 6.25. The number of nitrogens with one attached hydrogen (secondary N) is 1. The molecule has 0 radical (unpaired) electrons. The van der Waals surface area contributed by atoms with Gasteiger partial charge < -0.3 is 15.6 Å². The van der Waals surface area contributed by atoms with Gasteiger partial charge in [-0.3, -0.25) is 0 Å². The molecule has 4 heteroatoms. The van der Waals surface area contributed by atoms with Gasteiger partial charge in [-0.15, -0.1) is 0 Å². The van der Waals surface area contributed by atoms with Crippen LogP contribution in [0.25, 0.3) is 11.0 Å². The number of hydrogen-bond donors (Lipinski definition) is 2. The molecule has 0 amide bonds. The number of aromatic amines is 1. The summed E-state index contributed by atoms with van der Waals surface area (Å²) < 4.78 is 0. The first kappa shape index (κ1) is 13.1. The van der Waals surface area contributed by atoms with Crippen LogP contribution in [-0.4, -0.2) is 34.5 Å². The molecule has 0 aliphatic rings. The van der Waals surface area contributed by atoms with Crippen LogP contribution < -0.4 is 5.73 Å². The van der Waals surface area contributed by atoms with Crippen molar-refractivity contribution in [3.8, 4) is 0 Å². The van der Waals surface area contributed by atoms with Gasteiger partial charge in [0, 0.05) is 11.6 Å². The standard InChI is InChI=1S/C14H22N4/c1-14(2,15)8-13(18(3)4)10-5-6-11-12(7-10)17-9-16-11/h5-7,9,13H,8,15H2,1-4H3,(H,16,17). The minimum atomic E-state index is -0.183. The van der Waals surface area contributed by atoms with Crippen molar-refractivity contribution in [1.29, 1.82) is 0 Å². The van der Waals surface area contributed by atoms with E-state index in [-0.39, 0.29) is 5.54 Å². The Kier molecular flexibility index (Phi) is 3.41. The van der Waals surface area contributed by atoms with Crippen molar-refractivity contribution in [2.75, 3.05) is 14.1 Å². The van der Waals surface area contributed by atoms with Gasteiger partial charge in [-0.05, 0) is 52.1 Å². The van der Waals surface area contributed by atoms with Gasteiger partial charge >= 0.3 is 0 Å². The smallest absolute Gasteiger partial charge is 0.0931 e. The number of benzene rings is 1. The molecule has 3 N–H and O–H groups in total. The molecule has 0 saturated carbocycles. The number of rotatable bonds is 4. The van der Waals surface area contributed by atoms with E-state index < -0.39 is 0 Å². The number of aromatic nitrogens is 2. The molecule has 2 aromatic rings. The number of nitrogens with zero attached hydrogens (tertiary/aromatic N) is 2. The largest absolute Gasteiger partial charge is 0.345 e. The monoisotopic (exact) mass is 246 g/mol. The Labute approximate surface area is 108 Å². The lowest BCUT2D eigenvalue weighted by Crippen LogP contribution is -2.37. The fourth-order valence-electron chi connectivity index (χ4n) is 2.26. The molecule has 18 heavy (non-hydrogen) atoms. The van der Waals surface area contributed by atoms with Crippen LogP contribution in [0.4, 0.5) is 0 Å². The summed E-state index contributed by atoms with van der Waals surface area (Å²) in [4.78, 5) is 9.61. The molecule has 1 unspecified atom stereocenters. The number of H-pyrrole nitrogens is 1. The Bertz CT molecular complexity index is 522. The molecule has 0 bridgehead atoms. The summed E-state index contributed by atoms with van der Waals surface area (Å²) in [5.41, 5.74) is 9.33. The van der Waals surface area contributed by atoms with Crippen molar-refractivity contribution in [2.45, 2.75) is 31.8 Å². The maximum absolute atomic E-state index is 6.16. The zero-order valence-corrected chi connectivity index (χ0v) is 11.6. The van der Waals surface area contributed by atoms with Crippen LogP contribution in [0.5, 0.6) is 0 Å². The second-order valence-corrected chi connectivity index (χ2v) is 5.85. The highest BCUT2D eigenvalue weighted by Crippen LogP contribution is 2.28. The van der Waals surface area contributed by atoms with Crippen molar-refractivity contribution >= 4 is 11.0 Å². The highest BCUT2D eigenvalue weighted by Gasteiger charge is 2.22. The minimum absolute atomic E-state index is 0.183. The van der Waals surface area contributed by atoms with Crippen LogP contribution in [0.3, 0.4) is 0 Å². The third-order valence-corrected chi connectivity index (χ3v) is 3.17. The second kappa shape index (κ2) is 4.71. The van der Waals surface area contributed by atoms with E-state index in [1.54, 1.807) is 6.33 Å². The lowest BCUT2D eigenvalue weighted by Gasteiger charge is -2.31. The van der Waals surface area contributed by atoms with Gasteiger partial charge in [0.1, 0.15) is 0 Å². The van der Waals surface area contributed by atoms with Gasteiger partial charge in [-0.25, -0.2) is 4.98 Å². The van der Waals surface area contributed by atoms with E-state index in [1.165, 1.54) is 5.56 Å². The lowest BCUT2D eigenvalue weighted by atomic mass is 9.91. The molecule has 1 atom stereocenters. The molecule has 1 heterocycles. The Morgan fingerprint density at radius 2 is 2.11 bits per heavy atom. The maximum Gasteiger partial charge on any atom is 0.0931 e. The summed E-state index contributed by atoms with van der Waals surface area (Å²) in [7, 11) is 4.18. The molecule has 0 aliphatic heterocycles.